The number of hydrogen-bond acceptors (Lipinski definition) is 4. The van der Waals surface area contributed by atoms with E-state index < -0.39 is 0 Å². The fraction of sp³-hybridized carbons (Fsp3) is 0.300. The summed E-state index contributed by atoms with van der Waals surface area (Å²) < 4.78 is 5.13. The van der Waals surface area contributed by atoms with Gasteiger partial charge in [-0.05, 0) is 42.0 Å². The summed E-state index contributed by atoms with van der Waals surface area (Å²) in [4.78, 5) is 16.8. The number of amides is 1. The first-order valence-corrected chi connectivity index (χ1v) is 8.34. The smallest absolute Gasteiger partial charge is 0.253 e. The highest BCUT2D eigenvalue weighted by Gasteiger charge is 2.22. The van der Waals surface area contributed by atoms with E-state index in [-0.39, 0.29) is 5.91 Å². The average Bonchev–Trinajstić information content (AvgIpc) is 2.69. The maximum Gasteiger partial charge on any atom is 0.253 e. The minimum Gasteiger partial charge on any atom is -0.497 e. The molecule has 0 aromatic heterocycles. The van der Waals surface area contributed by atoms with E-state index >= 15 is 0 Å². The first-order chi connectivity index (χ1) is 12.2. The second kappa shape index (κ2) is 7.82. The highest BCUT2D eigenvalue weighted by molar-refractivity contribution is 5.94. The number of carbonyl (C=O) groups excluding carboxylic acids is 1. The van der Waals surface area contributed by atoms with E-state index in [1.807, 2.05) is 53.4 Å². The van der Waals surface area contributed by atoms with Crippen molar-refractivity contribution in [3.05, 3.63) is 65.2 Å². The first-order valence-electron chi connectivity index (χ1n) is 8.34. The second-order valence-electron chi connectivity index (χ2n) is 6.11. The van der Waals surface area contributed by atoms with Gasteiger partial charge in [-0.2, -0.15) is 5.26 Å². The lowest BCUT2D eigenvalue weighted by molar-refractivity contribution is 0.0628. The summed E-state index contributed by atoms with van der Waals surface area (Å²) in [6.07, 6.45) is 0. The molecule has 2 aromatic rings. The topological polar surface area (TPSA) is 56.6 Å². The van der Waals surface area contributed by atoms with Gasteiger partial charge in [-0.3, -0.25) is 9.69 Å². The number of piperazine rings is 1. The predicted molar refractivity (Wildman–Crippen MR) is 95.3 cm³/mol. The summed E-state index contributed by atoms with van der Waals surface area (Å²) in [5, 5.41) is 8.85. The standard InChI is InChI=1S/C20H21N3O2/c1-25-19-8-6-18(7-9-19)20(24)23-12-10-22(11-13-23)15-17-4-2-16(14-21)3-5-17/h2-9H,10-13,15H2,1H3. The van der Waals surface area contributed by atoms with Gasteiger partial charge < -0.3 is 9.64 Å². The van der Waals surface area contributed by atoms with Crippen LogP contribution in [0.25, 0.3) is 0 Å². The molecule has 5 nitrogen and oxygen atoms in total. The van der Waals surface area contributed by atoms with Gasteiger partial charge in [0.25, 0.3) is 5.91 Å². The lowest BCUT2D eigenvalue weighted by atomic mass is 10.1. The van der Waals surface area contributed by atoms with Crippen LogP contribution in [0, 0.1) is 11.3 Å². The molecule has 0 N–H and O–H groups in total. The molecule has 0 saturated carbocycles. The maximum atomic E-state index is 12.6. The molecule has 0 bridgehead atoms. The van der Waals surface area contributed by atoms with Gasteiger partial charge in [-0.1, -0.05) is 12.1 Å². The monoisotopic (exact) mass is 335 g/mol. The fourth-order valence-corrected chi connectivity index (χ4v) is 2.97. The normalized spacial score (nSPS) is 14.8. The number of hydrogen-bond donors (Lipinski definition) is 0. The molecular weight excluding hydrogens is 314 g/mol. The Balaban J connectivity index is 1.53. The number of nitriles is 1. The molecular formula is C20H21N3O2. The Morgan fingerprint density at radius 2 is 1.68 bits per heavy atom. The number of carbonyl (C=O) groups is 1. The van der Waals surface area contributed by atoms with Crippen molar-refractivity contribution in [2.75, 3.05) is 33.3 Å². The van der Waals surface area contributed by atoms with Crippen molar-refractivity contribution >= 4 is 5.91 Å². The van der Waals surface area contributed by atoms with Crippen LogP contribution in [0.2, 0.25) is 0 Å². The van der Waals surface area contributed by atoms with E-state index in [1.165, 1.54) is 5.56 Å². The van der Waals surface area contributed by atoms with Crippen LogP contribution >= 0.6 is 0 Å². The molecule has 1 heterocycles. The Bertz CT molecular complexity index is 755. The first kappa shape index (κ1) is 17.0. The van der Waals surface area contributed by atoms with Crippen LogP contribution in [0.15, 0.2) is 48.5 Å². The maximum absolute atomic E-state index is 12.6. The third kappa shape index (κ3) is 4.17. The van der Waals surface area contributed by atoms with Gasteiger partial charge in [-0.25, -0.2) is 0 Å². The molecule has 1 fully saturated rings. The Morgan fingerprint density at radius 3 is 2.24 bits per heavy atom. The minimum absolute atomic E-state index is 0.0701. The SMILES string of the molecule is COc1ccc(C(=O)N2CCN(Cc3ccc(C#N)cc3)CC2)cc1. The molecule has 5 heteroatoms. The molecule has 0 atom stereocenters. The van der Waals surface area contributed by atoms with Gasteiger partial charge in [0, 0.05) is 38.3 Å². The number of rotatable bonds is 4. The molecule has 1 amide bonds. The Hall–Kier alpha value is -2.84. The molecule has 3 rings (SSSR count). The quantitative estimate of drug-likeness (QED) is 0.861. The van der Waals surface area contributed by atoms with Crippen molar-refractivity contribution < 1.29 is 9.53 Å². The molecule has 128 valence electrons. The van der Waals surface area contributed by atoms with E-state index in [0.717, 1.165) is 38.5 Å². The Labute approximate surface area is 148 Å². The summed E-state index contributed by atoms with van der Waals surface area (Å²) in [6.45, 7) is 3.99. The highest BCUT2D eigenvalue weighted by atomic mass is 16.5. The van der Waals surface area contributed by atoms with Gasteiger partial charge in [0.2, 0.25) is 0 Å². The van der Waals surface area contributed by atoms with Crippen molar-refractivity contribution in [1.82, 2.24) is 9.80 Å². The fourth-order valence-electron chi connectivity index (χ4n) is 2.97. The van der Waals surface area contributed by atoms with Crippen molar-refractivity contribution in [1.29, 1.82) is 5.26 Å². The summed E-state index contributed by atoms with van der Waals surface area (Å²) >= 11 is 0. The minimum atomic E-state index is 0.0701. The number of benzene rings is 2. The van der Waals surface area contributed by atoms with Crippen LogP contribution in [0.1, 0.15) is 21.5 Å². The van der Waals surface area contributed by atoms with Gasteiger partial charge in [-0.15, -0.1) is 0 Å². The van der Waals surface area contributed by atoms with E-state index in [1.54, 1.807) is 7.11 Å². The van der Waals surface area contributed by atoms with Crippen LogP contribution in [0.3, 0.4) is 0 Å². The Kier molecular flexibility index (Phi) is 5.32. The number of nitrogens with zero attached hydrogens (tertiary/aromatic N) is 3. The molecule has 2 aromatic carbocycles. The Morgan fingerprint density at radius 1 is 1.04 bits per heavy atom. The van der Waals surface area contributed by atoms with Gasteiger partial charge in [0.05, 0.1) is 18.7 Å². The zero-order valence-electron chi connectivity index (χ0n) is 14.3. The van der Waals surface area contributed by atoms with E-state index in [2.05, 4.69) is 11.0 Å². The third-order valence-electron chi connectivity index (χ3n) is 4.49. The zero-order valence-corrected chi connectivity index (χ0v) is 14.3. The zero-order chi connectivity index (χ0) is 17.6. The van der Waals surface area contributed by atoms with Crippen LogP contribution in [0.4, 0.5) is 0 Å². The molecule has 0 spiro atoms. The summed E-state index contributed by atoms with van der Waals surface area (Å²) in [5.74, 6) is 0.824. The second-order valence-corrected chi connectivity index (χ2v) is 6.11. The lowest BCUT2D eigenvalue weighted by Crippen LogP contribution is -2.48. The molecule has 1 aliphatic heterocycles. The van der Waals surface area contributed by atoms with Crippen LogP contribution in [-0.4, -0.2) is 49.0 Å². The number of ether oxygens (including phenoxy) is 1. The van der Waals surface area contributed by atoms with Gasteiger partial charge >= 0.3 is 0 Å². The third-order valence-corrected chi connectivity index (χ3v) is 4.49. The van der Waals surface area contributed by atoms with Crippen LogP contribution in [-0.2, 0) is 6.54 Å². The predicted octanol–water partition coefficient (Wildman–Crippen LogP) is 2.52. The van der Waals surface area contributed by atoms with E-state index in [9.17, 15) is 4.79 Å². The largest absolute Gasteiger partial charge is 0.497 e. The molecule has 0 radical (unpaired) electrons. The van der Waals surface area contributed by atoms with Crippen molar-refractivity contribution in [3.8, 4) is 11.8 Å². The average molecular weight is 335 g/mol. The number of methoxy groups -OCH3 is 1. The summed E-state index contributed by atoms with van der Waals surface area (Å²) in [6, 6.07) is 17.1. The van der Waals surface area contributed by atoms with E-state index in [4.69, 9.17) is 10.00 Å². The van der Waals surface area contributed by atoms with Gasteiger partial charge in [0.15, 0.2) is 0 Å². The van der Waals surface area contributed by atoms with Crippen LogP contribution in [0.5, 0.6) is 5.75 Å². The molecule has 25 heavy (non-hydrogen) atoms. The summed E-state index contributed by atoms with van der Waals surface area (Å²) in [7, 11) is 1.61. The lowest BCUT2D eigenvalue weighted by Gasteiger charge is -2.34. The summed E-state index contributed by atoms with van der Waals surface area (Å²) in [5.41, 5.74) is 2.56. The van der Waals surface area contributed by atoms with Gasteiger partial charge in [0.1, 0.15) is 5.75 Å². The molecule has 0 aliphatic carbocycles. The van der Waals surface area contributed by atoms with Crippen molar-refractivity contribution in [3.63, 3.8) is 0 Å². The molecule has 0 unspecified atom stereocenters. The van der Waals surface area contributed by atoms with E-state index in [0.29, 0.717) is 11.1 Å². The molecule has 1 saturated heterocycles. The van der Waals surface area contributed by atoms with Crippen molar-refractivity contribution in [2.24, 2.45) is 0 Å². The molecule has 1 aliphatic rings. The highest BCUT2D eigenvalue weighted by Crippen LogP contribution is 2.15. The van der Waals surface area contributed by atoms with Crippen molar-refractivity contribution in [2.45, 2.75) is 6.54 Å². The van der Waals surface area contributed by atoms with Crippen LogP contribution < -0.4 is 4.74 Å².